The van der Waals surface area contributed by atoms with Gasteiger partial charge in [0.25, 0.3) is 11.8 Å². The fourth-order valence-corrected chi connectivity index (χ4v) is 4.89. The van der Waals surface area contributed by atoms with Gasteiger partial charge >= 0.3 is 16.3 Å². The highest BCUT2D eigenvalue weighted by atomic mass is 32.2. The number of fused-ring (bicyclic) bond motifs is 1. The number of aromatic hydroxyl groups is 2. The summed E-state index contributed by atoms with van der Waals surface area (Å²) in [7, 11) is -4.82. The summed E-state index contributed by atoms with van der Waals surface area (Å²) in [4.78, 5) is 53.8. The Morgan fingerprint density at radius 1 is 1.21 bits per heavy atom. The maximum atomic E-state index is 12.9. The number of phenols is 2. The summed E-state index contributed by atoms with van der Waals surface area (Å²) in [6.45, 7) is 0.648. The molecule has 38 heavy (non-hydrogen) atoms. The number of carbonyl (C=O) groups is 3. The summed E-state index contributed by atoms with van der Waals surface area (Å²) >= 11 is 0.952. The van der Waals surface area contributed by atoms with Crippen LogP contribution in [0.1, 0.15) is 28.8 Å². The smallest absolute Gasteiger partial charge is 0.362 e. The summed E-state index contributed by atoms with van der Waals surface area (Å²) in [5.41, 5.74) is 4.26. The van der Waals surface area contributed by atoms with Crippen molar-refractivity contribution in [2.24, 2.45) is 5.16 Å². The number of thiazole rings is 1. The Balaban J connectivity index is 1.60. The summed E-state index contributed by atoms with van der Waals surface area (Å²) in [5.74, 6) is -4.64. The van der Waals surface area contributed by atoms with Crippen molar-refractivity contribution in [1.82, 2.24) is 24.6 Å². The molecule has 0 aliphatic carbocycles. The van der Waals surface area contributed by atoms with Crippen LogP contribution in [0.2, 0.25) is 0 Å². The van der Waals surface area contributed by atoms with Crippen molar-refractivity contribution in [2.75, 3.05) is 5.73 Å². The molecule has 2 amide bonds. The van der Waals surface area contributed by atoms with Crippen molar-refractivity contribution in [1.29, 1.82) is 0 Å². The molecule has 3 aromatic rings. The number of rotatable bonds is 8. The van der Waals surface area contributed by atoms with Crippen LogP contribution in [0.15, 0.2) is 22.7 Å². The third-order valence-corrected chi connectivity index (χ3v) is 6.93. The predicted octanol–water partition coefficient (Wildman–Crippen LogP) is -0.783. The van der Waals surface area contributed by atoms with Gasteiger partial charge in [0.05, 0.1) is 17.1 Å². The Labute approximate surface area is 216 Å². The van der Waals surface area contributed by atoms with Crippen molar-refractivity contribution in [3.63, 3.8) is 0 Å². The zero-order valence-corrected chi connectivity index (χ0v) is 20.6. The number of phenolic OH excluding ortho intramolecular Hbond substituents is 2. The molecule has 2 atom stereocenters. The fraction of sp³-hybridized carbons (Fsp3) is 0.211. The summed E-state index contributed by atoms with van der Waals surface area (Å²) in [5, 5.41) is 36.2. The first kappa shape index (κ1) is 26.4. The van der Waals surface area contributed by atoms with Crippen LogP contribution in [-0.4, -0.2) is 83.1 Å². The van der Waals surface area contributed by atoms with Crippen LogP contribution in [0.3, 0.4) is 0 Å². The molecule has 0 radical (unpaired) electrons. The third-order valence-electron chi connectivity index (χ3n) is 5.24. The molecule has 1 aliphatic heterocycles. The van der Waals surface area contributed by atoms with Gasteiger partial charge in [-0.15, -0.1) is 11.3 Å². The zero-order chi connectivity index (χ0) is 27.9. The number of carboxylic acids is 1. The SMILES string of the molecule is CC1C(NC(=O)C(=NOCc2nc3cc(O)c(O)cc3nc2C(=O)O)c2csc(N)n2)C(=O)N1S(=O)(=O)O. The van der Waals surface area contributed by atoms with E-state index in [1.165, 1.54) is 12.3 Å². The Morgan fingerprint density at radius 2 is 1.84 bits per heavy atom. The molecule has 3 heterocycles. The quantitative estimate of drug-likeness (QED) is 0.0641. The number of nitrogen functional groups attached to an aromatic ring is 1. The Hall–Kier alpha value is -4.62. The number of nitrogens with one attached hydrogen (secondary N) is 1. The van der Waals surface area contributed by atoms with Gasteiger partial charge in [-0.2, -0.15) is 8.42 Å². The molecule has 2 aromatic heterocycles. The molecular weight excluding hydrogens is 550 g/mol. The molecule has 0 bridgehead atoms. The van der Waals surface area contributed by atoms with Crippen molar-refractivity contribution in [3.8, 4) is 11.5 Å². The highest BCUT2D eigenvalue weighted by Gasteiger charge is 2.51. The minimum atomic E-state index is -4.82. The second-order valence-corrected chi connectivity index (χ2v) is 9.92. The summed E-state index contributed by atoms with van der Waals surface area (Å²) < 4.78 is 31.9. The van der Waals surface area contributed by atoms with Crippen molar-refractivity contribution in [3.05, 3.63) is 34.6 Å². The van der Waals surface area contributed by atoms with Gasteiger partial charge in [0.2, 0.25) is 0 Å². The van der Waals surface area contributed by atoms with Gasteiger partial charge in [0.1, 0.15) is 17.4 Å². The average molecular weight is 568 g/mol. The third kappa shape index (κ3) is 4.96. The molecule has 0 spiro atoms. The van der Waals surface area contributed by atoms with Crippen LogP contribution < -0.4 is 11.1 Å². The number of nitrogens with two attached hydrogens (primary N) is 1. The number of carbonyl (C=O) groups excluding carboxylic acids is 2. The van der Waals surface area contributed by atoms with Gasteiger partial charge in [-0.1, -0.05) is 5.16 Å². The number of nitrogens with zero attached hydrogens (tertiary/aromatic N) is 5. The first-order valence-corrected chi connectivity index (χ1v) is 12.5. The molecular formula is C19H17N7O10S2. The molecule has 2 unspecified atom stereocenters. The first-order chi connectivity index (χ1) is 17.8. The van der Waals surface area contributed by atoms with Gasteiger partial charge in [0.15, 0.2) is 34.6 Å². The molecule has 7 N–H and O–H groups in total. The first-order valence-electron chi connectivity index (χ1n) is 10.3. The molecule has 17 nitrogen and oxygen atoms in total. The van der Waals surface area contributed by atoms with Crippen LogP contribution >= 0.6 is 11.3 Å². The lowest BCUT2D eigenvalue weighted by molar-refractivity contribution is -0.143. The van der Waals surface area contributed by atoms with E-state index in [0.717, 1.165) is 23.5 Å². The second-order valence-electron chi connectivity index (χ2n) is 7.74. The van der Waals surface area contributed by atoms with Gasteiger partial charge in [-0.25, -0.2) is 24.1 Å². The number of hydrogen-bond acceptors (Lipinski definition) is 14. The van der Waals surface area contributed by atoms with E-state index in [-0.39, 0.29) is 31.9 Å². The second kappa shape index (κ2) is 9.68. The highest BCUT2D eigenvalue weighted by molar-refractivity contribution is 7.84. The number of aromatic nitrogens is 3. The largest absolute Gasteiger partial charge is 0.504 e. The van der Waals surface area contributed by atoms with E-state index in [4.69, 9.17) is 15.1 Å². The minimum Gasteiger partial charge on any atom is -0.504 e. The van der Waals surface area contributed by atoms with Crippen LogP contribution in [0, 0.1) is 0 Å². The number of carboxylic acid groups (broad SMARTS) is 1. The van der Waals surface area contributed by atoms with E-state index < -0.39 is 69.7 Å². The highest BCUT2D eigenvalue weighted by Crippen LogP contribution is 2.29. The molecule has 1 aromatic carbocycles. The lowest BCUT2D eigenvalue weighted by Crippen LogP contribution is -2.71. The predicted molar refractivity (Wildman–Crippen MR) is 127 cm³/mol. The number of hydrogen-bond donors (Lipinski definition) is 6. The van der Waals surface area contributed by atoms with Crippen LogP contribution in [0.4, 0.5) is 5.13 Å². The maximum absolute atomic E-state index is 12.9. The number of oxime groups is 1. The van der Waals surface area contributed by atoms with E-state index in [0.29, 0.717) is 0 Å². The van der Waals surface area contributed by atoms with Crippen molar-refractivity contribution >= 4 is 61.3 Å². The van der Waals surface area contributed by atoms with Gasteiger partial charge in [-0.05, 0) is 6.92 Å². The molecule has 4 rings (SSSR count). The van der Waals surface area contributed by atoms with E-state index in [9.17, 15) is 38.1 Å². The van der Waals surface area contributed by atoms with E-state index in [1.807, 2.05) is 0 Å². The topological polar surface area (TPSA) is 268 Å². The normalized spacial score (nSPS) is 17.8. The summed E-state index contributed by atoms with van der Waals surface area (Å²) in [6, 6.07) is -0.348. The van der Waals surface area contributed by atoms with E-state index in [1.54, 1.807) is 0 Å². The maximum Gasteiger partial charge on any atom is 0.362 e. The van der Waals surface area contributed by atoms with Gasteiger partial charge in [-0.3, -0.25) is 14.1 Å². The number of β-lactam (4-membered cyclic amide) rings is 1. The number of anilines is 1. The van der Waals surface area contributed by atoms with Crippen LogP contribution in [0.25, 0.3) is 11.0 Å². The molecule has 1 saturated heterocycles. The standard InChI is InChI=1S/C19H17N7O10S2/c1-6-13(17(30)26(6)38(33,34)35)24-16(29)14(10-5-37-19(20)23-10)25-36-4-9-15(18(31)32)22-8-3-12(28)11(27)2-7(8)21-9/h2-3,5-6,13,27-28H,4H2,1H3,(H2,20,23)(H,24,29)(H,31,32)(H,33,34,35). The minimum absolute atomic E-state index is 0.0267. The van der Waals surface area contributed by atoms with Crippen LogP contribution in [0.5, 0.6) is 11.5 Å². The Morgan fingerprint density at radius 3 is 2.37 bits per heavy atom. The molecule has 19 heteroatoms. The number of benzene rings is 1. The number of amides is 2. The van der Waals surface area contributed by atoms with E-state index >= 15 is 0 Å². The lowest BCUT2D eigenvalue weighted by Gasteiger charge is -2.42. The zero-order valence-electron chi connectivity index (χ0n) is 19.0. The summed E-state index contributed by atoms with van der Waals surface area (Å²) in [6.07, 6.45) is 0. The van der Waals surface area contributed by atoms with Crippen molar-refractivity contribution < 1.29 is 47.5 Å². The molecule has 200 valence electrons. The fourth-order valence-electron chi connectivity index (χ4n) is 3.46. The molecule has 1 fully saturated rings. The average Bonchev–Trinajstić information content (AvgIpc) is 3.25. The van der Waals surface area contributed by atoms with Crippen molar-refractivity contribution in [2.45, 2.75) is 25.6 Å². The molecule has 0 saturated carbocycles. The lowest BCUT2D eigenvalue weighted by atomic mass is 10.0. The van der Waals surface area contributed by atoms with Crippen LogP contribution in [-0.2, 0) is 31.3 Å². The Bertz CT molecular complexity index is 1620. The molecule has 1 aliphatic rings. The van der Waals surface area contributed by atoms with Gasteiger partial charge < -0.3 is 31.2 Å². The van der Waals surface area contributed by atoms with E-state index in [2.05, 4.69) is 25.4 Å². The Kier molecular flexibility index (Phi) is 6.74. The van der Waals surface area contributed by atoms with Gasteiger partial charge in [0, 0.05) is 17.5 Å². The number of aromatic carboxylic acids is 1. The monoisotopic (exact) mass is 567 g/mol.